The van der Waals surface area contributed by atoms with E-state index in [1.54, 1.807) is 6.92 Å². The maximum absolute atomic E-state index is 10.9. The van der Waals surface area contributed by atoms with E-state index < -0.39 is 0 Å². The quantitative estimate of drug-likeness (QED) is 0.341. The van der Waals surface area contributed by atoms with E-state index in [1.807, 2.05) is 0 Å². The van der Waals surface area contributed by atoms with Crippen molar-refractivity contribution in [2.24, 2.45) is 0 Å². The summed E-state index contributed by atoms with van der Waals surface area (Å²) >= 11 is 0. The number of carbonyl (C=O) groups excluding carboxylic acids is 1. The number of hydrogen-bond donors (Lipinski definition) is 1. The molecule has 0 radical (unpaired) electrons. The van der Waals surface area contributed by atoms with Gasteiger partial charge in [-0.2, -0.15) is 0 Å². The highest BCUT2D eigenvalue weighted by atomic mass is 35.5. The molecular formula is C9H21ClN2O2. The van der Waals surface area contributed by atoms with Gasteiger partial charge in [-0.15, -0.1) is 0 Å². The largest absolute Gasteiger partial charge is 1.00 e. The number of esters is 1. The Bertz CT molecular complexity index is 188. The fourth-order valence-corrected chi connectivity index (χ4v) is 0.535. The van der Waals surface area contributed by atoms with Crippen molar-refractivity contribution in [2.75, 3.05) is 34.3 Å². The number of halogens is 1. The molecule has 0 fully saturated rings. The second kappa shape index (κ2) is 7.79. The molecule has 0 aromatic carbocycles. The lowest BCUT2D eigenvalue weighted by Gasteiger charge is -2.23. The minimum atomic E-state index is -0.302. The number of ether oxygens (including phenoxy) is 1. The Labute approximate surface area is 92.5 Å². The summed E-state index contributed by atoms with van der Waals surface area (Å²) < 4.78 is 5.72. The highest BCUT2D eigenvalue weighted by Gasteiger charge is 2.09. The Hall–Kier alpha value is -0.580. The Morgan fingerprint density at radius 1 is 1.36 bits per heavy atom. The molecule has 0 saturated carbocycles. The first-order valence-electron chi connectivity index (χ1n) is 3.96. The number of nitrogens with zero attached hydrogens (tertiary/aromatic N) is 1. The molecule has 0 amide bonds. The molecule has 0 aliphatic carbocycles. The van der Waals surface area contributed by atoms with E-state index in [1.165, 1.54) is 0 Å². The smallest absolute Gasteiger partial charge is 0.333 e. The van der Waals surface area contributed by atoms with Gasteiger partial charge in [0, 0.05) is 5.57 Å². The summed E-state index contributed by atoms with van der Waals surface area (Å²) in [6.45, 7) is 6.41. The van der Waals surface area contributed by atoms with Crippen molar-refractivity contribution >= 4 is 5.97 Å². The number of rotatable bonds is 4. The van der Waals surface area contributed by atoms with Gasteiger partial charge in [-0.05, 0) is 6.92 Å². The standard InChI is InChI=1S/C9H18NO2.ClH.H3N/c1-8(2)9(11)12-7-6-10(3,4)5;;/h1,6-7H2,2-5H3;1H;1H3/q+1;;/p-1. The summed E-state index contributed by atoms with van der Waals surface area (Å²) in [4.78, 5) is 10.9. The molecule has 0 unspecified atom stereocenters. The molecule has 0 aliphatic heterocycles. The van der Waals surface area contributed by atoms with Crippen molar-refractivity contribution in [3.05, 3.63) is 12.2 Å². The SMILES string of the molecule is C=C(C)C(=O)OCC[N+](C)(C)C.N.[Cl-]. The average molecular weight is 225 g/mol. The van der Waals surface area contributed by atoms with Crippen LogP contribution in [0.2, 0.25) is 0 Å². The van der Waals surface area contributed by atoms with Crippen LogP contribution in [0.1, 0.15) is 6.92 Å². The normalized spacial score (nSPS) is 9.43. The molecular weight excluding hydrogens is 204 g/mol. The molecule has 0 heterocycles. The number of hydrogen-bond acceptors (Lipinski definition) is 3. The molecule has 0 rings (SSSR count). The molecule has 0 aliphatic rings. The third kappa shape index (κ3) is 11.4. The maximum Gasteiger partial charge on any atom is 0.333 e. The minimum absolute atomic E-state index is 0. The molecule has 0 saturated heterocycles. The zero-order chi connectivity index (χ0) is 9.78. The van der Waals surface area contributed by atoms with Crippen LogP contribution in [0.3, 0.4) is 0 Å². The van der Waals surface area contributed by atoms with Crippen LogP contribution in [0.15, 0.2) is 12.2 Å². The lowest BCUT2D eigenvalue weighted by molar-refractivity contribution is -0.870. The minimum Gasteiger partial charge on any atom is -1.00 e. The van der Waals surface area contributed by atoms with E-state index in [9.17, 15) is 4.79 Å². The highest BCUT2D eigenvalue weighted by Crippen LogP contribution is 1.94. The maximum atomic E-state index is 10.9. The van der Waals surface area contributed by atoms with Gasteiger partial charge in [0.25, 0.3) is 0 Å². The molecule has 4 nitrogen and oxygen atoms in total. The molecule has 0 bridgehead atoms. The van der Waals surface area contributed by atoms with Gasteiger partial charge in [0.2, 0.25) is 0 Å². The van der Waals surface area contributed by atoms with Gasteiger partial charge in [-0.25, -0.2) is 4.79 Å². The Balaban J connectivity index is -0.000000605. The van der Waals surface area contributed by atoms with Crippen LogP contribution in [0.5, 0.6) is 0 Å². The van der Waals surface area contributed by atoms with Crippen molar-refractivity contribution in [2.45, 2.75) is 6.92 Å². The summed E-state index contributed by atoms with van der Waals surface area (Å²) in [5.41, 5.74) is 0.455. The Kier molecular flexibility index (Phi) is 10.6. The van der Waals surface area contributed by atoms with Crippen LogP contribution in [0, 0.1) is 0 Å². The summed E-state index contributed by atoms with van der Waals surface area (Å²) in [6, 6.07) is 0. The zero-order valence-corrected chi connectivity index (χ0v) is 10.2. The van der Waals surface area contributed by atoms with E-state index in [-0.39, 0.29) is 24.5 Å². The third-order valence-electron chi connectivity index (χ3n) is 1.34. The molecule has 0 spiro atoms. The van der Waals surface area contributed by atoms with Gasteiger partial charge in [0.15, 0.2) is 0 Å². The van der Waals surface area contributed by atoms with Gasteiger partial charge in [-0.1, -0.05) is 6.58 Å². The first kappa shape index (κ1) is 19.1. The summed E-state index contributed by atoms with van der Waals surface area (Å²) in [7, 11) is 6.15. The van der Waals surface area contributed by atoms with Crippen LogP contribution in [0.25, 0.3) is 0 Å². The van der Waals surface area contributed by atoms with Crippen LogP contribution >= 0.6 is 0 Å². The van der Waals surface area contributed by atoms with Crippen LogP contribution in [-0.4, -0.2) is 44.7 Å². The lowest BCUT2D eigenvalue weighted by Crippen LogP contribution is -3.00. The summed E-state index contributed by atoms with van der Waals surface area (Å²) in [6.07, 6.45) is 0. The van der Waals surface area contributed by atoms with E-state index in [4.69, 9.17) is 4.74 Å². The molecule has 3 N–H and O–H groups in total. The predicted molar refractivity (Wildman–Crippen MR) is 53.7 cm³/mol. The lowest BCUT2D eigenvalue weighted by atomic mass is 10.4. The van der Waals surface area contributed by atoms with Crippen molar-refractivity contribution in [1.29, 1.82) is 0 Å². The second-order valence-electron chi connectivity index (χ2n) is 3.93. The van der Waals surface area contributed by atoms with Gasteiger partial charge in [-0.3, -0.25) is 0 Å². The average Bonchev–Trinajstić information content (AvgIpc) is 1.84. The van der Waals surface area contributed by atoms with Crippen molar-refractivity contribution in [3.8, 4) is 0 Å². The fraction of sp³-hybridized carbons (Fsp3) is 0.667. The number of quaternary nitrogens is 1. The molecule has 0 aromatic rings. The van der Waals surface area contributed by atoms with E-state index >= 15 is 0 Å². The van der Waals surface area contributed by atoms with Crippen LogP contribution in [-0.2, 0) is 9.53 Å². The number of likely N-dealkylation sites (N-methyl/N-ethyl adjacent to an activating group) is 1. The first-order chi connectivity index (χ1) is 5.33. The van der Waals surface area contributed by atoms with Gasteiger partial charge in [0.05, 0.1) is 21.1 Å². The van der Waals surface area contributed by atoms with Gasteiger partial charge >= 0.3 is 5.97 Å². The van der Waals surface area contributed by atoms with Gasteiger partial charge < -0.3 is 27.8 Å². The fourth-order valence-electron chi connectivity index (χ4n) is 0.535. The monoisotopic (exact) mass is 224 g/mol. The van der Waals surface area contributed by atoms with Gasteiger partial charge in [0.1, 0.15) is 13.2 Å². The Morgan fingerprint density at radius 3 is 2.07 bits per heavy atom. The van der Waals surface area contributed by atoms with E-state index in [2.05, 4.69) is 27.7 Å². The van der Waals surface area contributed by atoms with Crippen LogP contribution < -0.4 is 18.6 Å². The molecule has 0 aromatic heterocycles. The molecule has 14 heavy (non-hydrogen) atoms. The highest BCUT2D eigenvalue weighted by molar-refractivity contribution is 5.86. The topological polar surface area (TPSA) is 61.3 Å². The van der Waals surface area contributed by atoms with Crippen LogP contribution in [0.4, 0.5) is 0 Å². The summed E-state index contributed by atoms with van der Waals surface area (Å²) in [5.74, 6) is -0.302. The van der Waals surface area contributed by atoms with Crippen molar-refractivity contribution < 1.29 is 26.4 Å². The number of carbonyl (C=O) groups is 1. The first-order valence-corrected chi connectivity index (χ1v) is 3.96. The predicted octanol–water partition coefficient (Wildman–Crippen LogP) is -2.02. The molecule has 0 atom stereocenters. The van der Waals surface area contributed by atoms with Crippen molar-refractivity contribution in [1.82, 2.24) is 6.15 Å². The third-order valence-corrected chi connectivity index (χ3v) is 1.34. The zero-order valence-electron chi connectivity index (χ0n) is 9.47. The Morgan fingerprint density at radius 2 is 1.79 bits per heavy atom. The summed E-state index contributed by atoms with van der Waals surface area (Å²) in [5, 5.41) is 0. The second-order valence-corrected chi connectivity index (χ2v) is 3.93. The van der Waals surface area contributed by atoms with Crippen molar-refractivity contribution in [3.63, 3.8) is 0 Å². The molecule has 86 valence electrons. The van der Waals surface area contributed by atoms with E-state index in [0.717, 1.165) is 11.0 Å². The van der Waals surface area contributed by atoms with E-state index in [0.29, 0.717) is 12.2 Å². The molecule has 5 heteroatoms.